The van der Waals surface area contributed by atoms with Gasteiger partial charge in [-0.1, -0.05) is 6.07 Å². The van der Waals surface area contributed by atoms with Gasteiger partial charge in [-0.3, -0.25) is 4.79 Å². The predicted molar refractivity (Wildman–Crippen MR) is 78.0 cm³/mol. The lowest BCUT2D eigenvalue weighted by Gasteiger charge is -2.51. The number of imidazole rings is 1. The van der Waals surface area contributed by atoms with Crippen molar-refractivity contribution >= 4 is 11.6 Å². The largest absolute Gasteiger partial charge is 0.393 e. The van der Waals surface area contributed by atoms with E-state index in [1.54, 1.807) is 6.20 Å². The van der Waals surface area contributed by atoms with E-state index in [2.05, 4.69) is 4.98 Å². The topological polar surface area (TPSA) is 57.8 Å². The summed E-state index contributed by atoms with van der Waals surface area (Å²) >= 11 is 0. The van der Waals surface area contributed by atoms with Crippen LogP contribution in [0.3, 0.4) is 0 Å². The van der Waals surface area contributed by atoms with Gasteiger partial charge < -0.3 is 14.4 Å². The van der Waals surface area contributed by atoms with E-state index in [0.717, 1.165) is 44.4 Å². The zero-order valence-electron chi connectivity index (χ0n) is 11.9. The molecule has 21 heavy (non-hydrogen) atoms. The molecule has 4 rings (SSSR count). The van der Waals surface area contributed by atoms with Gasteiger partial charge in [0, 0.05) is 25.5 Å². The van der Waals surface area contributed by atoms with Gasteiger partial charge in [0.15, 0.2) is 0 Å². The third kappa shape index (κ3) is 1.95. The van der Waals surface area contributed by atoms with Crippen LogP contribution in [0, 0.1) is 5.41 Å². The summed E-state index contributed by atoms with van der Waals surface area (Å²) in [4.78, 5) is 18.8. The van der Waals surface area contributed by atoms with E-state index in [-0.39, 0.29) is 17.4 Å². The number of amides is 1. The highest BCUT2D eigenvalue weighted by Gasteiger charge is 2.47. The first-order chi connectivity index (χ1) is 10.2. The van der Waals surface area contributed by atoms with Crippen LogP contribution in [0.2, 0.25) is 0 Å². The number of aromatic nitrogens is 2. The number of likely N-dealkylation sites (tertiary alicyclic amines) is 1. The van der Waals surface area contributed by atoms with Crippen molar-refractivity contribution in [3.8, 4) is 0 Å². The second-order valence-electron chi connectivity index (χ2n) is 6.30. The normalized spacial score (nSPS) is 24.2. The Morgan fingerprint density at radius 1 is 1.29 bits per heavy atom. The molecule has 2 fully saturated rings. The SMILES string of the molecule is O=C(c1cn2ccccc2n1)N1CCC2(CCC2O)CC1. The van der Waals surface area contributed by atoms with Gasteiger partial charge in [0.25, 0.3) is 5.91 Å². The molecule has 110 valence electrons. The number of hydrogen-bond acceptors (Lipinski definition) is 3. The average Bonchev–Trinajstić information content (AvgIpc) is 2.97. The van der Waals surface area contributed by atoms with Crippen molar-refractivity contribution < 1.29 is 9.90 Å². The summed E-state index contributed by atoms with van der Waals surface area (Å²) in [5, 5.41) is 9.94. The summed E-state index contributed by atoms with van der Waals surface area (Å²) in [6.07, 6.45) is 7.37. The highest BCUT2D eigenvalue weighted by molar-refractivity contribution is 5.93. The third-order valence-electron chi connectivity index (χ3n) is 5.25. The van der Waals surface area contributed by atoms with Crippen molar-refractivity contribution in [2.45, 2.75) is 31.8 Å². The molecule has 0 radical (unpaired) electrons. The van der Waals surface area contributed by atoms with E-state index in [0.29, 0.717) is 5.69 Å². The number of aliphatic hydroxyl groups is 1. The molecule has 1 atom stereocenters. The van der Waals surface area contributed by atoms with E-state index >= 15 is 0 Å². The molecule has 1 amide bonds. The Morgan fingerprint density at radius 2 is 2.10 bits per heavy atom. The second-order valence-corrected chi connectivity index (χ2v) is 6.30. The molecule has 1 saturated carbocycles. The van der Waals surface area contributed by atoms with Gasteiger partial charge in [0.1, 0.15) is 11.3 Å². The minimum Gasteiger partial charge on any atom is -0.393 e. The van der Waals surface area contributed by atoms with Gasteiger partial charge in [-0.05, 0) is 43.2 Å². The van der Waals surface area contributed by atoms with Crippen LogP contribution in [0.4, 0.5) is 0 Å². The quantitative estimate of drug-likeness (QED) is 0.868. The monoisotopic (exact) mass is 285 g/mol. The Kier molecular flexibility index (Phi) is 2.79. The van der Waals surface area contributed by atoms with E-state index in [4.69, 9.17) is 0 Å². The third-order valence-corrected chi connectivity index (χ3v) is 5.25. The second kappa shape index (κ2) is 4.56. The Hall–Kier alpha value is -1.88. The number of hydrogen-bond donors (Lipinski definition) is 1. The number of fused-ring (bicyclic) bond motifs is 1. The minimum atomic E-state index is -0.162. The number of rotatable bonds is 1. The molecule has 2 aromatic rings. The molecular weight excluding hydrogens is 266 g/mol. The van der Waals surface area contributed by atoms with Gasteiger partial charge in [0.2, 0.25) is 0 Å². The smallest absolute Gasteiger partial charge is 0.274 e. The highest BCUT2D eigenvalue weighted by atomic mass is 16.3. The molecule has 1 aliphatic heterocycles. The summed E-state index contributed by atoms with van der Waals surface area (Å²) in [5.74, 6) is 0.00219. The lowest BCUT2D eigenvalue weighted by molar-refractivity contribution is -0.0952. The van der Waals surface area contributed by atoms with Crippen molar-refractivity contribution in [2.24, 2.45) is 5.41 Å². The summed E-state index contributed by atoms with van der Waals surface area (Å²) in [6, 6.07) is 5.73. The molecule has 1 N–H and O–H groups in total. The first kappa shape index (κ1) is 12.8. The standard InChI is InChI=1S/C16H19N3O2/c20-13-4-5-16(13)6-9-18(10-7-16)15(21)12-11-19-8-2-1-3-14(19)17-12/h1-3,8,11,13,20H,4-7,9-10H2. The first-order valence-electron chi connectivity index (χ1n) is 7.59. The fourth-order valence-corrected chi connectivity index (χ4v) is 3.62. The van der Waals surface area contributed by atoms with Crippen LogP contribution >= 0.6 is 0 Å². The summed E-state index contributed by atoms with van der Waals surface area (Å²) < 4.78 is 1.87. The maximum absolute atomic E-state index is 12.6. The van der Waals surface area contributed by atoms with Gasteiger partial charge in [0.05, 0.1) is 6.10 Å². The summed E-state index contributed by atoms with van der Waals surface area (Å²) in [5.41, 5.74) is 1.39. The Morgan fingerprint density at radius 3 is 2.71 bits per heavy atom. The molecule has 1 aliphatic carbocycles. The van der Waals surface area contributed by atoms with Crippen molar-refractivity contribution in [2.75, 3.05) is 13.1 Å². The van der Waals surface area contributed by atoms with E-state index in [1.165, 1.54) is 0 Å². The van der Waals surface area contributed by atoms with Crippen molar-refractivity contribution in [3.05, 3.63) is 36.3 Å². The van der Waals surface area contributed by atoms with Crippen molar-refractivity contribution in [1.82, 2.24) is 14.3 Å². The van der Waals surface area contributed by atoms with Crippen LogP contribution in [-0.4, -0.2) is 44.5 Å². The molecule has 1 unspecified atom stereocenters. The molecule has 5 heteroatoms. The molecule has 2 aromatic heterocycles. The fraction of sp³-hybridized carbons (Fsp3) is 0.500. The molecule has 0 aromatic carbocycles. The number of pyridine rings is 1. The van der Waals surface area contributed by atoms with Gasteiger partial charge in [-0.15, -0.1) is 0 Å². The Labute approximate surface area is 123 Å². The van der Waals surface area contributed by atoms with E-state index in [9.17, 15) is 9.90 Å². The van der Waals surface area contributed by atoms with Gasteiger partial charge in [-0.2, -0.15) is 0 Å². The first-order valence-corrected chi connectivity index (χ1v) is 7.59. The maximum Gasteiger partial charge on any atom is 0.274 e. The molecule has 0 bridgehead atoms. The van der Waals surface area contributed by atoms with Crippen LogP contribution in [0.1, 0.15) is 36.2 Å². The molecule has 5 nitrogen and oxygen atoms in total. The lowest BCUT2D eigenvalue weighted by Crippen LogP contribution is -2.53. The molecule has 2 aliphatic rings. The van der Waals surface area contributed by atoms with Crippen LogP contribution in [-0.2, 0) is 0 Å². The van der Waals surface area contributed by atoms with Crippen LogP contribution in [0.15, 0.2) is 30.6 Å². The maximum atomic E-state index is 12.6. The summed E-state index contributed by atoms with van der Waals surface area (Å²) in [6.45, 7) is 1.45. The number of piperidine rings is 1. The summed E-state index contributed by atoms with van der Waals surface area (Å²) in [7, 11) is 0. The molecular formula is C16H19N3O2. The van der Waals surface area contributed by atoms with Crippen molar-refractivity contribution in [3.63, 3.8) is 0 Å². The highest BCUT2D eigenvalue weighted by Crippen LogP contribution is 2.49. The minimum absolute atomic E-state index is 0.00219. The number of carbonyl (C=O) groups is 1. The molecule has 3 heterocycles. The zero-order chi connectivity index (χ0) is 14.4. The van der Waals surface area contributed by atoms with Gasteiger partial charge >= 0.3 is 0 Å². The Bertz CT molecular complexity index is 653. The molecule has 1 spiro atoms. The van der Waals surface area contributed by atoms with E-state index < -0.39 is 0 Å². The zero-order valence-corrected chi connectivity index (χ0v) is 11.9. The van der Waals surface area contributed by atoms with Crippen LogP contribution in [0.25, 0.3) is 5.65 Å². The lowest BCUT2D eigenvalue weighted by atomic mass is 9.61. The van der Waals surface area contributed by atoms with Gasteiger partial charge in [-0.25, -0.2) is 4.98 Å². The number of aliphatic hydroxyl groups excluding tert-OH is 1. The number of nitrogens with zero attached hydrogens (tertiary/aromatic N) is 3. The predicted octanol–water partition coefficient (Wildman–Crippen LogP) is 1.71. The van der Waals surface area contributed by atoms with Crippen LogP contribution < -0.4 is 0 Å². The van der Waals surface area contributed by atoms with Crippen molar-refractivity contribution in [1.29, 1.82) is 0 Å². The fourth-order valence-electron chi connectivity index (χ4n) is 3.62. The van der Waals surface area contributed by atoms with Crippen LogP contribution in [0.5, 0.6) is 0 Å². The van der Waals surface area contributed by atoms with E-state index in [1.807, 2.05) is 33.7 Å². The number of carbonyl (C=O) groups excluding carboxylic acids is 1. The Balaban J connectivity index is 1.50. The average molecular weight is 285 g/mol. The molecule has 1 saturated heterocycles.